The number of hydrogen-bond donors (Lipinski definition) is 0. The van der Waals surface area contributed by atoms with E-state index in [4.69, 9.17) is 0 Å². The van der Waals surface area contributed by atoms with Crippen molar-refractivity contribution in [2.75, 3.05) is 21.1 Å². The fraction of sp³-hybridized carbons (Fsp3) is 1.00. The molecule has 27 heavy (non-hydrogen) atoms. The summed E-state index contributed by atoms with van der Waals surface area (Å²) in [4.78, 5) is 11.8. The number of quaternary nitrogens is 1. The van der Waals surface area contributed by atoms with Crippen molar-refractivity contribution in [2.45, 2.75) is 118 Å². The molecule has 0 radical (unpaired) electrons. The Labute approximate surface area is 167 Å². The number of rotatable bonds is 11. The fourth-order valence-corrected chi connectivity index (χ4v) is 101. The monoisotopic (exact) mass is 477 g/mol. The molecule has 3 heteroatoms. The van der Waals surface area contributed by atoms with E-state index in [1.807, 2.05) is 0 Å². The largest absolute Gasteiger partial charge is 1.00 e. The van der Waals surface area contributed by atoms with Crippen LogP contribution in [-0.4, -0.2) is 30.1 Å². The SMILES string of the molecule is CCCCCCCCCCC[C]12[CH]3[CH]4[CH]5[C]1([N+](C)(C)C)[Fe]43521678[CH]2[CH]1[CH]6[CH]7[CH]28.[Br-]. The molecular formula is C24H40BrFeN. The molecule has 10 heterocycles. The Morgan fingerprint density at radius 1 is 0.667 bits per heavy atom. The van der Waals surface area contributed by atoms with E-state index in [0.717, 1.165) is 8.75 Å². The smallest absolute Gasteiger partial charge is 1.00 e. The molecule has 10 fully saturated rings. The third-order valence-corrected chi connectivity index (χ3v) is 62.4. The average Bonchev–Trinajstić information content (AvgIpc) is 3.52. The van der Waals surface area contributed by atoms with Crippen LogP contribution in [0.2, 0.25) is 42.8 Å². The van der Waals surface area contributed by atoms with Gasteiger partial charge in [-0.3, -0.25) is 0 Å². The van der Waals surface area contributed by atoms with E-state index in [0.29, 0.717) is 0 Å². The molecule has 5 atom stereocenters. The fourth-order valence-electron chi connectivity index (χ4n) is 21.4. The van der Waals surface area contributed by atoms with Crippen LogP contribution in [0.5, 0.6) is 0 Å². The molecule has 0 aliphatic carbocycles. The van der Waals surface area contributed by atoms with Crippen LogP contribution < -0.4 is 17.0 Å². The molecule has 10 saturated heterocycles. The predicted octanol–water partition coefficient (Wildman–Crippen LogP) is 4.28. The van der Waals surface area contributed by atoms with Gasteiger partial charge in [-0.2, -0.15) is 0 Å². The van der Waals surface area contributed by atoms with Crippen LogP contribution in [0.25, 0.3) is 0 Å². The summed E-state index contributed by atoms with van der Waals surface area (Å²) in [7, 11) is 8.00. The summed E-state index contributed by atoms with van der Waals surface area (Å²) in [5, 5.41) is 0. The van der Waals surface area contributed by atoms with Crippen molar-refractivity contribution in [3.63, 3.8) is 0 Å². The minimum Gasteiger partial charge on any atom is -1.00 e. The molecule has 5 unspecified atom stereocenters. The van der Waals surface area contributed by atoms with E-state index < -0.39 is 6.51 Å². The Balaban J connectivity index is 0.00000122. The zero-order valence-electron chi connectivity index (χ0n) is 17.9. The molecule has 0 amide bonds. The Morgan fingerprint density at radius 3 is 1.52 bits per heavy atom. The van der Waals surface area contributed by atoms with Gasteiger partial charge < -0.3 is 17.0 Å². The van der Waals surface area contributed by atoms with Gasteiger partial charge in [0, 0.05) is 0 Å². The van der Waals surface area contributed by atoms with E-state index in [1.165, 1.54) is 81.5 Å². The molecule has 0 aromatic carbocycles. The molecule has 0 aromatic rings. The normalized spacial score (nSPS) is 82.5. The first kappa shape index (κ1) is 15.7. The van der Waals surface area contributed by atoms with Gasteiger partial charge in [0.2, 0.25) is 0 Å². The number of nitrogens with zero attached hydrogens (tertiary/aromatic N) is 1. The Bertz CT molecular complexity index is 1120. The summed E-state index contributed by atoms with van der Waals surface area (Å²) in [5.74, 6) is 0. The number of halogens is 1. The molecule has 0 bridgehead atoms. The van der Waals surface area contributed by atoms with Gasteiger partial charge in [-0.25, -0.2) is 0 Å². The van der Waals surface area contributed by atoms with Gasteiger partial charge in [-0.15, -0.1) is 0 Å². The second-order valence-electron chi connectivity index (χ2n) is 15.4. The maximum absolute atomic E-state index is 3.08. The van der Waals surface area contributed by atoms with Gasteiger partial charge in [-0.05, 0) is 0 Å². The van der Waals surface area contributed by atoms with Crippen LogP contribution in [0.4, 0.5) is 0 Å². The van der Waals surface area contributed by atoms with Crippen LogP contribution in [-0.2, 0) is 6.51 Å². The van der Waals surface area contributed by atoms with Crippen LogP contribution in [0.3, 0.4) is 0 Å². The molecule has 10 aliphatic rings. The van der Waals surface area contributed by atoms with Crippen molar-refractivity contribution in [2.24, 2.45) is 0 Å². The van der Waals surface area contributed by atoms with Crippen LogP contribution >= 0.6 is 0 Å². The second-order valence-corrected chi connectivity index (χ2v) is 38.7. The Kier molecular flexibility index (Phi) is 1.10. The first-order valence-electron chi connectivity index (χ1n) is 12.3. The first-order valence-corrected chi connectivity index (χ1v) is 18.5. The van der Waals surface area contributed by atoms with E-state index in [2.05, 4.69) is 28.1 Å². The Hall–Kier alpha value is 0.959. The second kappa shape index (κ2) is 1.89. The van der Waals surface area contributed by atoms with Crippen LogP contribution in [0, 0.1) is 0 Å². The minimum absolute atomic E-state index is 0. The summed E-state index contributed by atoms with van der Waals surface area (Å²) < 4.78 is 3.53. The summed E-state index contributed by atoms with van der Waals surface area (Å²) in [6.45, 7) is -0.753. The third kappa shape index (κ3) is 0.271. The van der Waals surface area contributed by atoms with E-state index in [-0.39, 0.29) is 17.0 Å². The summed E-state index contributed by atoms with van der Waals surface area (Å²) in [6.07, 6.45) is 15.4. The van der Waals surface area contributed by atoms with Crippen molar-refractivity contribution in [3.8, 4) is 0 Å². The number of hydrogen-bond acceptors (Lipinski definition) is 0. The van der Waals surface area contributed by atoms with Gasteiger partial charge in [0.15, 0.2) is 0 Å². The van der Waals surface area contributed by atoms with Crippen molar-refractivity contribution in [1.82, 2.24) is 0 Å². The van der Waals surface area contributed by atoms with E-state index in [1.54, 1.807) is 25.7 Å². The summed E-state index contributed by atoms with van der Waals surface area (Å²) in [5.41, 5.74) is 0. The maximum atomic E-state index is 2.67. The topological polar surface area (TPSA) is 0 Å². The molecule has 0 aromatic heterocycles. The molecule has 0 N–H and O–H groups in total. The maximum Gasteiger partial charge on any atom is -1.00 e. The predicted molar refractivity (Wildman–Crippen MR) is 105 cm³/mol. The third-order valence-electron chi connectivity index (χ3n) is 18.7. The standard InChI is InChI=1S/C19H35N.C5H5.BrH.Fe/c1-5-6-7-8-9-10-11-12-13-15-18-16-14-17-19(18)20(2,3)4;1-2-4-5-3-1;;/h14,16-17H,5-13,15H2,1-4H3;1-5H;1H;/q+1;;;/p-1. The van der Waals surface area contributed by atoms with Crippen molar-refractivity contribution in [3.05, 3.63) is 0 Å². The Morgan fingerprint density at radius 2 is 1.15 bits per heavy atom. The molecule has 1 spiro atoms. The average molecular weight is 478 g/mol. The van der Waals surface area contributed by atoms with Crippen LogP contribution in [0.1, 0.15) is 71.1 Å². The van der Waals surface area contributed by atoms with Gasteiger partial charge >= 0.3 is 151 Å². The number of fused-ring (bicyclic) bond motifs is 10. The first-order chi connectivity index (χ1) is 12.2. The molecular weight excluding hydrogens is 438 g/mol. The number of unbranched alkanes of at least 4 members (excludes halogenated alkanes) is 8. The minimum atomic E-state index is -3.08. The van der Waals surface area contributed by atoms with Crippen molar-refractivity contribution < 1.29 is 28.0 Å². The molecule has 0 saturated carbocycles. The van der Waals surface area contributed by atoms with Crippen molar-refractivity contribution in [1.29, 1.82) is 0 Å². The van der Waals surface area contributed by atoms with E-state index in [9.17, 15) is 0 Å². The summed E-state index contributed by atoms with van der Waals surface area (Å²) >= 11 is 0. The molecule has 1 nitrogen and oxygen atoms in total. The van der Waals surface area contributed by atoms with Gasteiger partial charge in [0.05, 0.1) is 0 Å². The summed E-state index contributed by atoms with van der Waals surface area (Å²) in [6, 6.07) is 0. The molecule has 156 valence electrons. The van der Waals surface area contributed by atoms with Crippen LogP contribution in [0.15, 0.2) is 0 Å². The van der Waals surface area contributed by atoms with Gasteiger partial charge in [0.1, 0.15) is 0 Å². The quantitative estimate of drug-likeness (QED) is 0.236. The van der Waals surface area contributed by atoms with Gasteiger partial charge in [-0.1, -0.05) is 0 Å². The van der Waals surface area contributed by atoms with E-state index >= 15 is 0 Å². The molecule has 10 aliphatic heterocycles. The van der Waals surface area contributed by atoms with Gasteiger partial charge in [0.25, 0.3) is 0 Å². The van der Waals surface area contributed by atoms with Crippen molar-refractivity contribution >= 4 is 0 Å². The molecule has 10 rings (SSSR count). The zero-order valence-corrected chi connectivity index (χ0v) is 20.6. The zero-order chi connectivity index (χ0) is 17.5.